The third kappa shape index (κ3) is 4.81. The molecule has 31 heavy (non-hydrogen) atoms. The van der Waals surface area contributed by atoms with Crippen LogP contribution >= 0.6 is 11.6 Å². The number of nitrogens with one attached hydrogen (secondary N) is 2. The number of esters is 1. The fourth-order valence-corrected chi connectivity index (χ4v) is 4.22. The van der Waals surface area contributed by atoms with Gasteiger partial charge >= 0.3 is 12.0 Å². The van der Waals surface area contributed by atoms with Crippen LogP contribution < -0.4 is 10.6 Å². The molecule has 0 saturated heterocycles. The lowest BCUT2D eigenvalue weighted by Crippen LogP contribution is -2.48. The summed E-state index contributed by atoms with van der Waals surface area (Å²) < 4.78 is 5.05. The molecule has 6 nitrogen and oxygen atoms in total. The SMILES string of the molecule is COC(=O)C1=C(CN2CC=C(c3ccccc3)CC2)NC(=O)N[C@@H]1c1cccc(Cl)c1. The highest BCUT2D eigenvalue weighted by molar-refractivity contribution is 6.30. The monoisotopic (exact) mass is 437 g/mol. The molecule has 2 aliphatic rings. The number of carbonyl (C=O) groups is 2. The molecule has 0 bridgehead atoms. The number of carbonyl (C=O) groups excluding carboxylic acids is 2. The van der Waals surface area contributed by atoms with Crippen molar-refractivity contribution >= 4 is 29.2 Å². The smallest absolute Gasteiger partial charge is 0.338 e. The second kappa shape index (κ2) is 9.37. The van der Waals surface area contributed by atoms with E-state index in [4.69, 9.17) is 16.3 Å². The van der Waals surface area contributed by atoms with Gasteiger partial charge in [-0.3, -0.25) is 4.90 Å². The average Bonchev–Trinajstić information content (AvgIpc) is 2.79. The minimum atomic E-state index is -0.630. The van der Waals surface area contributed by atoms with E-state index >= 15 is 0 Å². The Morgan fingerprint density at radius 1 is 1.19 bits per heavy atom. The summed E-state index contributed by atoms with van der Waals surface area (Å²) in [6, 6.07) is 16.4. The van der Waals surface area contributed by atoms with E-state index < -0.39 is 12.0 Å². The standard InChI is InChI=1S/C24H24ClN3O3/c1-31-23(29)21-20(26-24(30)27-22(21)18-8-5-9-19(25)14-18)15-28-12-10-17(11-13-28)16-6-3-2-4-7-16/h2-10,14,22H,11-13,15H2,1H3,(H2,26,27,30)/t22-/m1/s1. The summed E-state index contributed by atoms with van der Waals surface area (Å²) in [5.74, 6) is -0.481. The Balaban J connectivity index is 1.60. The molecule has 0 aliphatic carbocycles. The maximum Gasteiger partial charge on any atom is 0.338 e. The zero-order valence-electron chi connectivity index (χ0n) is 17.2. The highest BCUT2D eigenvalue weighted by atomic mass is 35.5. The predicted molar refractivity (Wildman–Crippen MR) is 120 cm³/mol. The number of ether oxygens (including phenoxy) is 1. The van der Waals surface area contributed by atoms with Gasteiger partial charge in [0, 0.05) is 30.4 Å². The lowest BCUT2D eigenvalue weighted by molar-refractivity contribution is -0.136. The summed E-state index contributed by atoms with van der Waals surface area (Å²) in [5.41, 5.74) is 4.21. The number of rotatable bonds is 5. The molecule has 0 fully saturated rings. The molecular formula is C24H24ClN3O3. The van der Waals surface area contributed by atoms with Gasteiger partial charge in [0.2, 0.25) is 0 Å². The lowest BCUT2D eigenvalue weighted by atomic mass is 9.94. The maximum atomic E-state index is 12.7. The van der Waals surface area contributed by atoms with E-state index in [0.717, 1.165) is 25.1 Å². The fourth-order valence-electron chi connectivity index (χ4n) is 4.02. The zero-order chi connectivity index (χ0) is 21.8. The summed E-state index contributed by atoms with van der Waals surface area (Å²) in [7, 11) is 1.34. The predicted octanol–water partition coefficient (Wildman–Crippen LogP) is 3.91. The molecular weight excluding hydrogens is 414 g/mol. The molecule has 7 heteroatoms. The van der Waals surface area contributed by atoms with Gasteiger partial charge in [0.25, 0.3) is 0 Å². The van der Waals surface area contributed by atoms with Crippen LogP contribution in [0, 0.1) is 0 Å². The quantitative estimate of drug-likeness (QED) is 0.696. The molecule has 1 atom stereocenters. The minimum absolute atomic E-state index is 0.356. The van der Waals surface area contributed by atoms with Gasteiger partial charge in [-0.15, -0.1) is 0 Å². The Kier molecular flexibility index (Phi) is 6.39. The first-order valence-corrected chi connectivity index (χ1v) is 10.5. The van der Waals surface area contributed by atoms with Crippen LogP contribution in [0.3, 0.4) is 0 Å². The molecule has 2 N–H and O–H groups in total. The Labute approximate surface area is 186 Å². The van der Waals surface area contributed by atoms with Gasteiger partial charge in [0.05, 0.1) is 18.7 Å². The number of halogens is 1. The van der Waals surface area contributed by atoms with Crippen molar-refractivity contribution in [3.05, 3.63) is 88.1 Å². The molecule has 2 aromatic carbocycles. The Morgan fingerprint density at radius 3 is 2.68 bits per heavy atom. The lowest BCUT2D eigenvalue weighted by Gasteiger charge is -2.33. The summed E-state index contributed by atoms with van der Waals surface area (Å²) in [6.07, 6.45) is 3.10. The van der Waals surface area contributed by atoms with Crippen molar-refractivity contribution in [1.82, 2.24) is 15.5 Å². The second-order valence-corrected chi connectivity index (χ2v) is 7.99. The Morgan fingerprint density at radius 2 is 2.00 bits per heavy atom. The average molecular weight is 438 g/mol. The van der Waals surface area contributed by atoms with Crippen molar-refractivity contribution in [1.29, 1.82) is 0 Å². The molecule has 0 unspecified atom stereocenters. The van der Waals surface area contributed by atoms with Gasteiger partial charge in [0.15, 0.2) is 0 Å². The van der Waals surface area contributed by atoms with Gasteiger partial charge in [-0.2, -0.15) is 0 Å². The van der Waals surface area contributed by atoms with Crippen molar-refractivity contribution in [2.45, 2.75) is 12.5 Å². The van der Waals surface area contributed by atoms with Crippen LogP contribution in [-0.4, -0.2) is 43.6 Å². The molecule has 2 heterocycles. The van der Waals surface area contributed by atoms with E-state index in [1.54, 1.807) is 18.2 Å². The van der Waals surface area contributed by atoms with E-state index in [1.807, 2.05) is 24.3 Å². The van der Waals surface area contributed by atoms with Crippen LogP contribution in [0.1, 0.15) is 23.6 Å². The van der Waals surface area contributed by atoms with Gasteiger partial charge < -0.3 is 15.4 Å². The second-order valence-electron chi connectivity index (χ2n) is 7.55. The van der Waals surface area contributed by atoms with E-state index in [2.05, 4.69) is 33.7 Å². The molecule has 0 radical (unpaired) electrons. The van der Waals surface area contributed by atoms with Crippen LogP contribution in [0.15, 0.2) is 71.9 Å². The molecule has 0 spiro atoms. The molecule has 2 aliphatic heterocycles. The summed E-state index contributed by atoms with van der Waals surface area (Å²) >= 11 is 6.14. The van der Waals surface area contributed by atoms with Crippen molar-refractivity contribution < 1.29 is 14.3 Å². The molecule has 2 aromatic rings. The van der Waals surface area contributed by atoms with Gasteiger partial charge in [-0.1, -0.05) is 60.1 Å². The molecule has 160 valence electrons. The van der Waals surface area contributed by atoms with E-state index in [0.29, 0.717) is 22.8 Å². The van der Waals surface area contributed by atoms with Gasteiger partial charge in [-0.05, 0) is 35.3 Å². The van der Waals surface area contributed by atoms with Crippen LogP contribution in [0.4, 0.5) is 4.79 Å². The largest absolute Gasteiger partial charge is 0.466 e. The van der Waals surface area contributed by atoms with Gasteiger partial charge in [-0.25, -0.2) is 9.59 Å². The number of hydrogen-bond acceptors (Lipinski definition) is 4. The summed E-state index contributed by atoms with van der Waals surface area (Å²) in [4.78, 5) is 27.3. The third-order valence-corrected chi connectivity index (χ3v) is 5.80. The molecule has 4 rings (SSSR count). The van der Waals surface area contributed by atoms with Gasteiger partial charge in [0.1, 0.15) is 0 Å². The highest BCUT2D eigenvalue weighted by Crippen LogP contribution is 2.30. The van der Waals surface area contributed by atoms with Crippen LogP contribution in [0.25, 0.3) is 5.57 Å². The first-order valence-electron chi connectivity index (χ1n) is 10.2. The number of urea groups is 1. The topological polar surface area (TPSA) is 70.7 Å². The number of benzene rings is 2. The van der Waals surface area contributed by atoms with Crippen LogP contribution in [0.2, 0.25) is 5.02 Å². The molecule has 0 saturated carbocycles. The third-order valence-electron chi connectivity index (χ3n) is 5.56. The van der Waals surface area contributed by atoms with E-state index in [9.17, 15) is 9.59 Å². The number of methoxy groups -OCH3 is 1. The van der Waals surface area contributed by atoms with Crippen LogP contribution in [0.5, 0.6) is 0 Å². The van der Waals surface area contributed by atoms with Crippen LogP contribution in [-0.2, 0) is 9.53 Å². The normalized spacial score (nSPS) is 19.4. The minimum Gasteiger partial charge on any atom is -0.466 e. The first-order chi connectivity index (χ1) is 15.0. The molecule has 2 amide bonds. The van der Waals surface area contributed by atoms with Crippen molar-refractivity contribution in [2.24, 2.45) is 0 Å². The summed E-state index contributed by atoms with van der Waals surface area (Å²) in [5, 5.41) is 6.18. The van der Waals surface area contributed by atoms with Crippen molar-refractivity contribution in [3.8, 4) is 0 Å². The zero-order valence-corrected chi connectivity index (χ0v) is 18.0. The maximum absolute atomic E-state index is 12.7. The Bertz CT molecular complexity index is 1050. The molecule has 0 aromatic heterocycles. The van der Waals surface area contributed by atoms with E-state index in [1.165, 1.54) is 18.2 Å². The van der Waals surface area contributed by atoms with Crippen molar-refractivity contribution in [2.75, 3.05) is 26.7 Å². The van der Waals surface area contributed by atoms with E-state index in [-0.39, 0.29) is 6.03 Å². The fraction of sp³-hybridized carbons (Fsp3) is 0.250. The number of nitrogens with zero attached hydrogens (tertiary/aromatic N) is 1. The highest BCUT2D eigenvalue weighted by Gasteiger charge is 2.34. The van der Waals surface area contributed by atoms with Crippen molar-refractivity contribution in [3.63, 3.8) is 0 Å². The number of amides is 2. The number of hydrogen-bond donors (Lipinski definition) is 2. The Hall–Kier alpha value is -3.09. The first kappa shape index (κ1) is 21.2. The summed E-state index contributed by atoms with van der Waals surface area (Å²) in [6.45, 7) is 1.99.